The zero-order valence-corrected chi connectivity index (χ0v) is 14.2. The second-order valence-corrected chi connectivity index (χ2v) is 6.37. The minimum Gasteiger partial charge on any atom is -0.444 e. The summed E-state index contributed by atoms with van der Waals surface area (Å²) in [4.78, 5) is 22.5. The van der Waals surface area contributed by atoms with Crippen LogP contribution < -0.4 is 16.1 Å². The van der Waals surface area contributed by atoms with Crippen molar-refractivity contribution in [2.45, 2.75) is 26.4 Å². The lowest BCUT2D eigenvalue weighted by Crippen LogP contribution is -2.27. The molecule has 2 N–H and O–H groups in total. The van der Waals surface area contributed by atoms with Crippen molar-refractivity contribution >= 4 is 42.2 Å². The van der Waals surface area contributed by atoms with Gasteiger partial charge in [0.1, 0.15) is 19.1 Å². The van der Waals surface area contributed by atoms with E-state index in [2.05, 4.69) is 10.6 Å². The van der Waals surface area contributed by atoms with Crippen LogP contribution in [0.1, 0.15) is 20.8 Å². The summed E-state index contributed by atoms with van der Waals surface area (Å²) in [7, 11) is 5.59. The van der Waals surface area contributed by atoms with Gasteiger partial charge >= 0.3 is 6.09 Å². The third-order valence-corrected chi connectivity index (χ3v) is 3.01. The van der Waals surface area contributed by atoms with Crippen molar-refractivity contribution in [3.05, 3.63) is 52.6 Å². The van der Waals surface area contributed by atoms with E-state index >= 15 is 0 Å². The summed E-state index contributed by atoms with van der Waals surface area (Å²) in [5, 5.41) is 16.7. The Morgan fingerprint density at radius 1 is 1.16 bits per heavy atom. The standard InChI is InChI=1S/C17H18BN3O4/c1-17(2,3)25-16(22)20-13-6-4-5-12(10-13)19-14-8-7-11(18)9-15(14)21(23)24/h4-10,19H,1-3H3,(H,20,22). The molecule has 0 unspecified atom stereocenters. The van der Waals surface area contributed by atoms with Gasteiger partial charge in [-0.3, -0.25) is 15.4 Å². The quantitative estimate of drug-likeness (QED) is 0.505. The highest BCUT2D eigenvalue weighted by molar-refractivity contribution is 6.32. The van der Waals surface area contributed by atoms with E-state index in [9.17, 15) is 14.9 Å². The first kappa shape index (κ1) is 18.3. The second kappa shape index (κ2) is 7.25. The monoisotopic (exact) mass is 339 g/mol. The van der Waals surface area contributed by atoms with Gasteiger partial charge in [0.15, 0.2) is 0 Å². The van der Waals surface area contributed by atoms with Crippen molar-refractivity contribution in [1.29, 1.82) is 0 Å². The van der Waals surface area contributed by atoms with Crippen LogP contribution in [0.3, 0.4) is 0 Å². The molecule has 0 aliphatic carbocycles. The SMILES string of the molecule is [B]c1ccc(Nc2cccc(NC(=O)OC(C)(C)C)c2)c([N+](=O)[O-])c1. The predicted octanol–water partition coefficient (Wildman–Crippen LogP) is 3.48. The first-order chi connectivity index (χ1) is 11.6. The molecule has 0 spiro atoms. The van der Waals surface area contributed by atoms with Gasteiger partial charge in [-0.2, -0.15) is 0 Å². The molecule has 0 atom stereocenters. The number of nitro groups is 1. The molecule has 0 bridgehead atoms. The van der Waals surface area contributed by atoms with Gasteiger partial charge < -0.3 is 10.1 Å². The van der Waals surface area contributed by atoms with Gasteiger partial charge in [-0.15, -0.1) is 0 Å². The van der Waals surface area contributed by atoms with Gasteiger partial charge in [-0.05, 0) is 45.0 Å². The molecule has 2 aromatic rings. The van der Waals surface area contributed by atoms with Crippen LogP contribution in [0.5, 0.6) is 0 Å². The van der Waals surface area contributed by atoms with Gasteiger partial charge in [-0.25, -0.2) is 4.79 Å². The van der Waals surface area contributed by atoms with Crippen LogP contribution in [0, 0.1) is 10.1 Å². The van der Waals surface area contributed by atoms with E-state index < -0.39 is 16.6 Å². The van der Waals surface area contributed by atoms with E-state index in [1.165, 1.54) is 12.1 Å². The molecule has 0 heterocycles. The van der Waals surface area contributed by atoms with Crippen LogP contribution in [0.15, 0.2) is 42.5 Å². The van der Waals surface area contributed by atoms with E-state index in [1.807, 2.05) is 0 Å². The summed E-state index contributed by atoms with van der Waals surface area (Å²) in [5.41, 5.74) is 0.931. The highest BCUT2D eigenvalue weighted by atomic mass is 16.6. The lowest BCUT2D eigenvalue weighted by molar-refractivity contribution is -0.383. The van der Waals surface area contributed by atoms with E-state index in [-0.39, 0.29) is 5.69 Å². The Labute approximate surface area is 146 Å². The Morgan fingerprint density at radius 2 is 1.84 bits per heavy atom. The van der Waals surface area contributed by atoms with E-state index in [0.717, 1.165) is 0 Å². The minimum atomic E-state index is -0.607. The maximum absolute atomic E-state index is 11.8. The van der Waals surface area contributed by atoms with E-state index in [1.54, 1.807) is 51.1 Å². The number of ether oxygens (including phenoxy) is 1. The Hall–Kier alpha value is -3.03. The first-order valence-electron chi connectivity index (χ1n) is 7.55. The number of anilines is 3. The summed E-state index contributed by atoms with van der Waals surface area (Å²) < 4.78 is 5.19. The first-order valence-corrected chi connectivity index (χ1v) is 7.55. The average molecular weight is 339 g/mol. The molecule has 7 nitrogen and oxygen atoms in total. The lowest BCUT2D eigenvalue weighted by Gasteiger charge is -2.19. The average Bonchev–Trinajstić information content (AvgIpc) is 2.47. The molecule has 0 saturated carbocycles. The van der Waals surface area contributed by atoms with Crippen LogP contribution in [0.2, 0.25) is 0 Å². The van der Waals surface area contributed by atoms with Crippen molar-refractivity contribution in [2.75, 3.05) is 10.6 Å². The van der Waals surface area contributed by atoms with Crippen LogP contribution in [-0.2, 0) is 4.74 Å². The number of benzene rings is 2. The van der Waals surface area contributed by atoms with Crippen LogP contribution in [0.4, 0.5) is 27.5 Å². The predicted molar refractivity (Wildman–Crippen MR) is 98.1 cm³/mol. The van der Waals surface area contributed by atoms with Crippen molar-refractivity contribution < 1.29 is 14.5 Å². The van der Waals surface area contributed by atoms with Crippen molar-refractivity contribution in [2.24, 2.45) is 0 Å². The fraction of sp³-hybridized carbons (Fsp3) is 0.235. The number of nitrogens with one attached hydrogen (secondary N) is 2. The van der Waals surface area contributed by atoms with Crippen molar-refractivity contribution in [3.8, 4) is 0 Å². The third-order valence-electron chi connectivity index (χ3n) is 3.01. The number of hydrogen-bond donors (Lipinski definition) is 2. The minimum absolute atomic E-state index is 0.134. The zero-order chi connectivity index (χ0) is 18.6. The molecular formula is C17H18BN3O4. The Kier molecular flexibility index (Phi) is 5.31. The van der Waals surface area contributed by atoms with Crippen LogP contribution in [0.25, 0.3) is 0 Å². The fourth-order valence-corrected chi connectivity index (χ4v) is 2.06. The van der Waals surface area contributed by atoms with Crippen LogP contribution in [-0.4, -0.2) is 24.5 Å². The van der Waals surface area contributed by atoms with Crippen LogP contribution >= 0.6 is 0 Å². The molecule has 0 aromatic heterocycles. The Balaban J connectivity index is 2.17. The summed E-state index contributed by atoms with van der Waals surface area (Å²) >= 11 is 0. The second-order valence-electron chi connectivity index (χ2n) is 6.37. The van der Waals surface area contributed by atoms with Crippen molar-refractivity contribution in [1.82, 2.24) is 0 Å². The van der Waals surface area contributed by atoms with Gasteiger partial charge in [-0.1, -0.05) is 17.6 Å². The number of rotatable bonds is 4. The summed E-state index contributed by atoms with van der Waals surface area (Å²) in [6, 6.07) is 11.1. The summed E-state index contributed by atoms with van der Waals surface area (Å²) in [6.45, 7) is 5.31. The summed E-state index contributed by atoms with van der Waals surface area (Å²) in [5.74, 6) is 0. The van der Waals surface area contributed by atoms with Crippen molar-refractivity contribution in [3.63, 3.8) is 0 Å². The molecule has 8 heteroatoms. The fourth-order valence-electron chi connectivity index (χ4n) is 2.06. The number of carbonyl (C=O) groups excluding carboxylic acids is 1. The number of nitro benzene ring substituents is 1. The third kappa shape index (κ3) is 5.52. The number of carbonyl (C=O) groups is 1. The number of amides is 1. The van der Waals surface area contributed by atoms with Gasteiger partial charge in [0.05, 0.1) is 4.92 Å². The number of hydrogen-bond acceptors (Lipinski definition) is 5. The molecule has 0 saturated heterocycles. The van der Waals surface area contributed by atoms with E-state index in [4.69, 9.17) is 12.6 Å². The Bertz CT molecular complexity index is 803. The van der Waals surface area contributed by atoms with Gasteiger partial charge in [0.2, 0.25) is 0 Å². The molecule has 128 valence electrons. The largest absolute Gasteiger partial charge is 0.444 e. The number of nitrogens with zero attached hydrogens (tertiary/aromatic N) is 1. The molecule has 25 heavy (non-hydrogen) atoms. The van der Waals surface area contributed by atoms with Gasteiger partial charge in [0, 0.05) is 17.4 Å². The Morgan fingerprint density at radius 3 is 2.48 bits per heavy atom. The highest BCUT2D eigenvalue weighted by Crippen LogP contribution is 2.27. The molecule has 0 aliphatic rings. The van der Waals surface area contributed by atoms with Gasteiger partial charge in [0.25, 0.3) is 5.69 Å². The molecule has 2 aromatic carbocycles. The molecule has 2 rings (SSSR count). The highest BCUT2D eigenvalue weighted by Gasteiger charge is 2.17. The maximum atomic E-state index is 11.8. The molecular weight excluding hydrogens is 321 g/mol. The molecule has 1 amide bonds. The smallest absolute Gasteiger partial charge is 0.412 e. The zero-order valence-electron chi connectivity index (χ0n) is 14.2. The maximum Gasteiger partial charge on any atom is 0.412 e. The molecule has 0 aliphatic heterocycles. The normalized spacial score (nSPS) is 10.8. The van der Waals surface area contributed by atoms with E-state index in [0.29, 0.717) is 22.5 Å². The lowest BCUT2D eigenvalue weighted by atomic mass is 9.95. The molecule has 0 fully saturated rings. The summed E-state index contributed by atoms with van der Waals surface area (Å²) in [6.07, 6.45) is -0.580. The molecule has 2 radical (unpaired) electrons. The topological polar surface area (TPSA) is 93.5 Å².